The number of methoxy groups -OCH3 is 1. The normalized spacial score (nSPS) is 15.2. The number of hydrogen-bond acceptors (Lipinski definition) is 6. The van der Waals surface area contributed by atoms with Gasteiger partial charge in [0.2, 0.25) is 5.43 Å². The number of aromatic hydroxyl groups is 1. The number of carbonyl (C=O) groups is 1. The molecular formula is C25H15F3O6. The van der Waals surface area contributed by atoms with Crippen molar-refractivity contribution in [3.63, 3.8) is 0 Å². The first-order valence-electron chi connectivity index (χ1n) is 10.1. The summed E-state index contributed by atoms with van der Waals surface area (Å²) in [5.74, 6) is -6.58. The van der Waals surface area contributed by atoms with Crippen molar-refractivity contribution < 1.29 is 37.0 Å². The van der Waals surface area contributed by atoms with E-state index in [1.54, 1.807) is 24.3 Å². The molecule has 1 aliphatic heterocycles. The van der Waals surface area contributed by atoms with Crippen LogP contribution < -0.4 is 14.9 Å². The molecule has 0 radical (unpaired) electrons. The zero-order chi connectivity index (χ0) is 24.1. The fourth-order valence-electron chi connectivity index (χ4n) is 4.18. The van der Waals surface area contributed by atoms with E-state index in [0.29, 0.717) is 11.3 Å². The molecule has 1 aliphatic rings. The van der Waals surface area contributed by atoms with Crippen LogP contribution in [0.15, 0.2) is 57.9 Å². The summed E-state index contributed by atoms with van der Waals surface area (Å²) in [5.41, 5.74) is -0.370. The van der Waals surface area contributed by atoms with Crippen LogP contribution in [0.25, 0.3) is 22.1 Å². The van der Waals surface area contributed by atoms with Crippen LogP contribution in [0.2, 0.25) is 0 Å². The SMILES string of the molecule is COc1ccc(-c2coc3c4c(cc(O)c3c2=O)OC(=O)C[C@@H]4c2ccc(F)c(F)c2F)cc1. The molecule has 0 unspecified atom stereocenters. The Bertz CT molecular complexity index is 1530. The third kappa shape index (κ3) is 3.28. The van der Waals surface area contributed by atoms with Crippen LogP contribution in [0.4, 0.5) is 13.2 Å². The Balaban J connectivity index is 1.76. The standard InChI is InChI=1S/C25H15F3O6/c1-32-12-4-2-11(3-5-12)15-10-33-25-20-14(13-6-7-16(26)23(28)22(13)27)8-19(30)34-18(20)9-17(29)21(25)24(15)31/h2-7,9-10,14,29H,8H2,1H3/t14-/m1/s1. The lowest BCUT2D eigenvalue weighted by molar-refractivity contribution is -0.135. The summed E-state index contributed by atoms with van der Waals surface area (Å²) < 4.78 is 58.1. The van der Waals surface area contributed by atoms with E-state index in [9.17, 15) is 27.9 Å². The molecule has 0 bridgehead atoms. The fraction of sp³-hybridized carbons (Fsp3) is 0.120. The Kier molecular flexibility index (Phi) is 5.04. The molecule has 1 N–H and O–H groups in total. The van der Waals surface area contributed by atoms with Crippen molar-refractivity contribution in [1.29, 1.82) is 0 Å². The molecule has 2 heterocycles. The van der Waals surface area contributed by atoms with Crippen molar-refractivity contribution in [2.24, 2.45) is 0 Å². The lowest BCUT2D eigenvalue weighted by Gasteiger charge is -2.26. The molecule has 0 amide bonds. The average Bonchev–Trinajstić information content (AvgIpc) is 2.82. The van der Waals surface area contributed by atoms with Crippen LogP contribution in [0.1, 0.15) is 23.5 Å². The summed E-state index contributed by atoms with van der Waals surface area (Å²) in [5, 5.41) is 10.4. The van der Waals surface area contributed by atoms with Gasteiger partial charge in [0.15, 0.2) is 17.5 Å². The van der Waals surface area contributed by atoms with Crippen molar-refractivity contribution in [3.8, 4) is 28.4 Å². The number of hydrogen-bond donors (Lipinski definition) is 1. The van der Waals surface area contributed by atoms with Gasteiger partial charge in [-0.2, -0.15) is 0 Å². The second kappa shape index (κ2) is 7.95. The zero-order valence-corrected chi connectivity index (χ0v) is 17.5. The third-order valence-electron chi connectivity index (χ3n) is 5.81. The Hall–Kier alpha value is -4.27. The van der Waals surface area contributed by atoms with Crippen molar-refractivity contribution in [3.05, 3.63) is 87.5 Å². The van der Waals surface area contributed by atoms with E-state index in [1.165, 1.54) is 13.4 Å². The highest BCUT2D eigenvalue weighted by Crippen LogP contribution is 2.46. The highest BCUT2D eigenvalue weighted by atomic mass is 19.2. The Morgan fingerprint density at radius 1 is 1.03 bits per heavy atom. The molecule has 34 heavy (non-hydrogen) atoms. The highest BCUT2D eigenvalue weighted by molar-refractivity contribution is 5.94. The van der Waals surface area contributed by atoms with Gasteiger partial charge in [-0.05, 0) is 29.3 Å². The first-order chi connectivity index (χ1) is 16.3. The molecule has 0 fully saturated rings. The van der Waals surface area contributed by atoms with Crippen LogP contribution in [-0.2, 0) is 4.79 Å². The Morgan fingerprint density at radius 2 is 1.76 bits per heavy atom. The van der Waals surface area contributed by atoms with E-state index in [4.69, 9.17) is 13.9 Å². The van der Waals surface area contributed by atoms with Crippen LogP contribution in [0.5, 0.6) is 17.2 Å². The van der Waals surface area contributed by atoms with Gasteiger partial charge in [0.05, 0.1) is 19.1 Å². The molecule has 4 aromatic rings. The van der Waals surface area contributed by atoms with Crippen LogP contribution in [0.3, 0.4) is 0 Å². The molecule has 0 spiro atoms. The summed E-state index contributed by atoms with van der Waals surface area (Å²) in [6, 6.07) is 9.37. The molecular weight excluding hydrogens is 453 g/mol. The quantitative estimate of drug-likeness (QED) is 0.258. The molecule has 0 saturated heterocycles. The van der Waals surface area contributed by atoms with E-state index in [-0.39, 0.29) is 33.4 Å². The topological polar surface area (TPSA) is 86.0 Å². The summed E-state index contributed by atoms with van der Waals surface area (Å²) in [4.78, 5) is 25.5. The van der Waals surface area contributed by atoms with Gasteiger partial charge in [0, 0.05) is 17.5 Å². The van der Waals surface area contributed by atoms with E-state index in [2.05, 4.69) is 0 Å². The molecule has 6 nitrogen and oxygen atoms in total. The lowest BCUT2D eigenvalue weighted by Crippen LogP contribution is -2.23. The monoisotopic (exact) mass is 468 g/mol. The first kappa shape index (κ1) is 21.6. The van der Waals surface area contributed by atoms with Crippen LogP contribution in [-0.4, -0.2) is 18.2 Å². The van der Waals surface area contributed by atoms with Crippen molar-refractivity contribution in [2.45, 2.75) is 12.3 Å². The number of phenols is 1. The number of carbonyl (C=O) groups excluding carboxylic acids is 1. The average molecular weight is 468 g/mol. The molecule has 0 aliphatic carbocycles. The number of fused-ring (bicyclic) bond motifs is 3. The van der Waals surface area contributed by atoms with Gasteiger partial charge in [0.25, 0.3) is 0 Å². The van der Waals surface area contributed by atoms with E-state index < -0.39 is 46.9 Å². The minimum atomic E-state index is -1.69. The van der Waals surface area contributed by atoms with E-state index in [1.807, 2.05) is 0 Å². The maximum absolute atomic E-state index is 14.7. The molecule has 9 heteroatoms. The summed E-state index contributed by atoms with van der Waals surface area (Å²) in [7, 11) is 1.50. The number of esters is 1. The third-order valence-corrected chi connectivity index (χ3v) is 5.81. The second-order valence-corrected chi connectivity index (χ2v) is 7.71. The van der Waals surface area contributed by atoms with Gasteiger partial charge in [-0.15, -0.1) is 0 Å². The van der Waals surface area contributed by atoms with Gasteiger partial charge < -0.3 is 19.0 Å². The molecule has 0 saturated carbocycles. The lowest BCUT2D eigenvalue weighted by atomic mass is 9.84. The number of phenolic OH excluding ortho intramolecular Hbond substituents is 1. The molecule has 1 atom stereocenters. The minimum absolute atomic E-state index is 0.0655. The minimum Gasteiger partial charge on any atom is -0.507 e. The largest absolute Gasteiger partial charge is 0.507 e. The molecule has 3 aromatic carbocycles. The number of benzene rings is 3. The second-order valence-electron chi connectivity index (χ2n) is 7.71. The summed E-state index contributed by atoms with van der Waals surface area (Å²) in [6.45, 7) is 0. The van der Waals surface area contributed by atoms with Gasteiger partial charge in [-0.25, -0.2) is 13.2 Å². The predicted octanol–water partition coefficient (Wildman–Crippen LogP) is 5.03. The van der Waals surface area contributed by atoms with E-state index in [0.717, 1.165) is 18.2 Å². The fourth-order valence-corrected chi connectivity index (χ4v) is 4.18. The van der Waals surface area contributed by atoms with Gasteiger partial charge in [-0.3, -0.25) is 9.59 Å². The van der Waals surface area contributed by atoms with Gasteiger partial charge in [-0.1, -0.05) is 18.2 Å². The molecule has 172 valence electrons. The Labute approximate surface area is 189 Å². The van der Waals surface area contributed by atoms with Crippen LogP contribution in [0, 0.1) is 17.5 Å². The van der Waals surface area contributed by atoms with Crippen molar-refractivity contribution >= 4 is 16.9 Å². The number of rotatable bonds is 3. The molecule has 1 aromatic heterocycles. The zero-order valence-electron chi connectivity index (χ0n) is 17.5. The van der Waals surface area contributed by atoms with E-state index >= 15 is 0 Å². The predicted molar refractivity (Wildman–Crippen MR) is 115 cm³/mol. The number of halogens is 3. The summed E-state index contributed by atoms with van der Waals surface area (Å²) >= 11 is 0. The van der Waals surface area contributed by atoms with Crippen LogP contribution >= 0.6 is 0 Å². The molecule has 5 rings (SSSR count). The van der Waals surface area contributed by atoms with Gasteiger partial charge in [0.1, 0.15) is 34.5 Å². The highest BCUT2D eigenvalue weighted by Gasteiger charge is 2.36. The number of ether oxygens (including phenoxy) is 2. The van der Waals surface area contributed by atoms with Crippen molar-refractivity contribution in [1.82, 2.24) is 0 Å². The maximum Gasteiger partial charge on any atom is 0.312 e. The summed E-state index contributed by atoms with van der Waals surface area (Å²) in [6.07, 6.45) is 0.750. The van der Waals surface area contributed by atoms with Crippen molar-refractivity contribution in [2.75, 3.05) is 7.11 Å². The Morgan fingerprint density at radius 3 is 2.47 bits per heavy atom. The van der Waals surface area contributed by atoms with Gasteiger partial charge >= 0.3 is 5.97 Å². The smallest absolute Gasteiger partial charge is 0.312 e. The first-order valence-corrected chi connectivity index (χ1v) is 10.1. The maximum atomic E-state index is 14.7.